The summed E-state index contributed by atoms with van der Waals surface area (Å²) in [6.07, 6.45) is 2.31. The fourth-order valence-corrected chi connectivity index (χ4v) is 3.98. The molecule has 0 bridgehead atoms. The van der Waals surface area contributed by atoms with Crippen LogP contribution >= 0.6 is 0 Å². The lowest BCUT2D eigenvalue weighted by Gasteiger charge is -2.24. The van der Waals surface area contributed by atoms with E-state index < -0.39 is 24.3 Å². The maximum atomic E-state index is 10.5. The van der Waals surface area contributed by atoms with Gasteiger partial charge in [-0.05, 0) is 62.6 Å². The van der Waals surface area contributed by atoms with Crippen LogP contribution in [-0.2, 0) is 4.79 Å². The number of aliphatic hydroxyl groups is 3. The third-order valence-corrected chi connectivity index (χ3v) is 5.46. The van der Waals surface area contributed by atoms with E-state index in [0.717, 1.165) is 19.3 Å². The van der Waals surface area contributed by atoms with E-state index in [0.29, 0.717) is 31.6 Å². The smallest absolute Gasteiger partial charge is 0.317 e. The Balaban J connectivity index is 1.69. The van der Waals surface area contributed by atoms with Crippen molar-refractivity contribution >= 4 is 5.97 Å². The molecule has 1 aromatic carbocycles. The Morgan fingerprint density at radius 2 is 1.79 bits per heavy atom. The molecule has 7 nitrogen and oxygen atoms in total. The second-order valence-corrected chi connectivity index (χ2v) is 7.62. The molecule has 0 unspecified atom stereocenters. The molecule has 0 spiro atoms. The lowest BCUT2D eigenvalue weighted by Crippen LogP contribution is -2.26. The van der Waals surface area contributed by atoms with Crippen LogP contribution in [0, 0.1) is 11.8 Å². The summed E-state index contributed by atoms with van der Waals surface area (Å²) in [4.78, 5) is 10.5. The van der Waals surface area contributed by atoms with Gasteiger partial charge in [0.15, 0.2) is 0 Å². The first-order chi connectivity index (χ1) is 13.5. The molecule has 1 aromatic rings. The minimum atomic E-state index is -0.871. The monoisotopic (exact) mass is 395 g/mol. The van der Waals surface area contributed by atoms with Crippen molar-refractivity contribution in [2.24, 2.45) is 11.8 Å². The molecule has 1 aliphatic rings. The molecule has 0 aliphatic heterocycles. The Bertz CT molecular complexity index is 569. The number of carbonyl (C=O) groups is 1. The quantitative estimate of drug-likeness (QED) is 0.320. The summed E-state index contributed by atoms with van der Waals surface area (Å²) >= 11 is 0. The summed E-state index contributed by atoms with van der Waals surface area (Å²) < 4.78 is 5.57. The molecule has 0 saturated heterocycles. The predicted molar refractivity (Wildman–Crippen MR) is 105 cm³/mol. The molecule has 1 saturated carbocycles. The van der Waals surface area contributed by atoms with Gasteiger partial charge in [-0.3, -0.25) is 4.79 Å². The van der Waals surface area contributed by atoms with Crippen LogP contribution in [0.4, 0.5) is 0 Å². The molecule has 7 heteroatoms. The van der Waals surface area contributed by atoms with E-state index in [1.807, 2.05) is 30.3 Å². The first-order valence-corrected chi connectivity index (χ1v) is 10.1. The number of carboxylic acid groups (broad SMARTS) is 1. The summed E-state index contributed by atoms with van der Waals surface area (Å²) in [5, 5.41) is 42.2. The van der Waals surface area contributed by atoms with E-state index in [9.17, 15) is 20.1 Å². The number of para-hydroxylation sites is 1. The summed E-state index contributed by atoms with van der Waals surface area (Å²) in [5.41, 5.74) is 0. The van der Waals surface area contributed by atoms with Crippen LogP contribution in [0.2, 0.25) is 0 Å². The van der Waals surface area contributed by atoms with Gasteiger partial charge in [-0.25, -0.2) is 0 Å². The standard InChI is InChI=1S/C21H33NO6/c23-15(14-28-16-6-2-1-3-7-16)9-10-18-17(19(24)12-20(18)25)8-4-5-11-22-13-21(26)27/h1-3,6-7,15,17-20,22-25H,4-5,8-14H2,(H,26,27)/t15-,17-,18-,19+,20-/m1/s1. The van der Waals surface area contributed by atoms with Crippen molar-refractivity contribution in [3.05, 3.63) is 30.3 Å². The van der Waals surface area contributed by atoms with Crippen molar-refractivity contribution in [2.45, 2.75) is 56.8 Å². The van der Waals surface area contributed by atoms with Gasteiger partial charge in [0.2, 0.25) is 0 Å². The third kappa shape index (κ3) is 7.75. The molecular formula is C21H33NO6. The number of unbranched alkanes of at least 4 members (excludes halogenated alkanes) is 1. The van der Waals surface area contributed by atoms with Crippen molar-refractivity contribution in [1.29, 1.82) is 0 Å². The number of carboxylic acids is 1. The number of rotatable bonds is 13. The van der Waals surface area contributed by atoms with Crippen LogP contribution in [0.25, 0.3) is 0 Å². The van der Waals surface area contributed by atoms with Crippen LogP contribution in [0.15, 0.2) is 30.3 Å². The molecule has 0 heterocycles. The fraction of sp³-hybridized carbons (Fsp3) is 0.667. The van der Waals surface area contributed by atoms with Crippen molar-refractivity contribution < 1.29 is 30.0 Å². The van der Waals surface area contributed by atoms with Gasteiger partial charge < -0.3 is 30.5 Å². The highest BCUT2D eigenvalue weighted by Gasteiger charge is 2.40. The maximum absolute atomic E-state index is 10.5. The second-order valence-electron chi connectivity index (χ2n) is 7.62. The Morgan fingerprint density at radius 3 is 2.46 bits per heavy atom. The molecule has 2 rings (SSSR count). The van der Waals surface area contributed by atoms with Gasteiger partial charge in [-0.1, -0.05) is 24.6 Å². The molecule has 1 aliphatic carbocycles. The van der Waals surface area contributed by atoms with Gasteiger partial charge in [0.25, 0.3) is 0 Å². The first kappa shape index (κ1) is 22.6. The third-order valence-electron chi connectivity index (χ3n) is 5.46. The Hall–Kier alpha value is -1.67. The Kier molecular flexibility index (Phi) is 9.70. The zero-order valence-electron chi connectivity index (χ0n) is 16.2. The van der Waals surface area contributed by atoms with Gasteiger partial charge in [0.1, 0.15) is 12.4 Å². The van der Waals surface area contributed by atoms with Crippen molar-refractivity contribution in [1.82, 2.24) is 5.32 Å². The Labute approximate surface area is 166 Å². The number of aliphatic hydroxyl groups excluding tert-OH is 3. The van der Waals surface area contributed by atoms with E-state index in [4.69, 9.17) is 9.84 Å². The van der Waals surface area contributed by atoms with Crippen LogP contribution in [0.1, 0.15) is 38.5 Å². The van der Waals surface area contributed by atoms with Crippen LogP contribution in [0.5, 0.6) is 5.75 Å². The first-order valence-electron chi connectivity index (χ1n) is 10.1. The molecule has 1 fully saturated rings. The largest absolute Gasteiger partial charge is 0.491 e. The minimum absolute atomic E-state index is 0.0108. The van der Waals surface area contributed by atoms with Crippen LogP contribution in [-0.4, -0.2) is 64.4 Å². The summed E-state index contributed by atoms with van der Waals surface area (Å²) in [5.74, 6) is -0.179. The number of ether oxygens (including phenoxy) is 1. The predicted octanol–water partition coefficient (Wildman–Crippen LogP) is 1.41. The van der Waals surface area contributed by atoms with E-state index in [1.165, 1.54) is 0 Å². The fourth-order valence-electron chi connectivity index (χ4n) is 3.98. The SMILES string of the molecule is O=C(O)CNCCCC[C@@H]1[C@@H](CC[C@@H](O)COc2ccccc2)[C@H](O)C[C@@H]1O. The highest BCUT2D eigenvalue weighted by atomic mass is 16.5. The van der Waals surface area contributed by atoms with Crippen molar-refractivity contribution in [3.8, 4) is 5.75 Å². The topological polar surface area (TPSA) is 119 Å². The normalized spacial score (nSPS) is 25.5. The van der Waals surface area contributed by atoms with E-state index in [1.54, 1.807) is 0 Å². The number of benzene rings is 1. The second kappa shape index (κ2) is 12.0. The summed E-state index contributed by atoms with van der Waals surface area (Å²) in [6.45, 7) is 0.781. The molecule has 0 aromatic heterocycles. The highest BCUT2D eigenvalue weighted by Crippen LogP contribution is 2.39. The molecule has 28 heavy (non-hydrogen) atoms. The number of aliphatic carboxylic acids is 1. The molecular weight excluding hydrogens is 362 g/mol. The highest BCUT2D eigenvalue weighted by molar-refractivity contribution is 5.68. The molecule has 0 amide bonds. The Morgan fingerprint density at radius 1 is 1.11 bits per heavy atom. The van der Waals surface area contributed by atoms with Crippen LogP contribution < -0.4 is 10.1 Å². The molecule has 158 valence electrons. The van der Waals surface area contributed by atoms with Gasteiger partial charge in [0.05, 0.1) is 24.9 Å². The molecule has 5 N–H and O–H groups in total. The van der Waals surface area contributed by atoms with Crippen molar-refractivity contribution in [2.75, 3.05) is 19.7 Å². The van der Waals surface area contributed by atoms with Crippen molar-refractivity contribution in [3.63, 3.8) is 0 Å². The summed E-state index contributed by atoms with van der Waals surface area (Å²) in [6, 6.07) is 9.33. The lowest BCUT2D eigenvalue weighted by atomic mass is 9.85. The number of hydrogen-bond donors (Lipinski definition) is 5. The van der Waals surface area contributed by atoms with Crippen LogP contribution in [0.3, 0.4) is 0 Å². The average Bonchev–Trinajstić information content (AvgIpc) is 2.94. The lowest BCUT2D eigenvalue weighted by molar-refractivity contribution is -0.135. The zero-order valence-corrected chi connectivity index (χ0v) is 16.2. The number of nitrogens with one attached hydrogen (secondary N) is 1. The number of hydrogen-bond acceptors (Lipinski definition) is 6. The average molecular weight is 395 g/mol. The van der Waals surface area contributed by atoms with Gasteiger partial charge in [-0.15, -0.1) is 0 Å². The maximum Gasteiger partial charge on any atom is 0.317 e. The summed E-state index contributed by atoms with van der Waals surface area (Å²) in [7, 11) is 0. The van der Waals surface area contributed by atoms with E-state index in [2.05, 4.69) is 5.32 Å². The zero-order chi connectivity index (χ0) is 20.4. The van der Waals surface area contributed by atoms with Gasteiger partial charge in [-0.2, -0.15) is 0 Å². The molecule has 5 atom stereocenters. The minimum Gasteiger partial charge on any atom is -0.491 e. The van der Waals surface area contributed by atoms with E-state index in [-0.39, 0.29) is 25.0 Å². The van der Waals surface area contributed by atoms with Gasteiger partial charge >= 0.3 is 5.97 Å². The van der Waals surface area contributed by atoms with Gasteiger partial charge in [0, 0.05) is 0 Å². The van der Waals surface area contributed by atoms with E-state index >= 15 is 0 Å². The molecule has 0 radical (unpaired) electrons.